The molecule has 2 unspecified atom stereocenters. The van der Waals surface area contributed by atoms with Gasteiger partial charge in [-0.3, -0.25) is 0 Å². The van der Waals surface area contributed by atoms with Crippen molar-refractivity contribution in [2.75, 3.05) is 25.2 Å². The highest BCUT2D eigenvalue weighted by molar-refractivity contribution is 7.84. The first-order chi connectivity index (χ1) is 9.90. The molecule has 2 heterocycles. The van der Waals surface area contributed by atoms with E-state index in [1.54, 1.807) is 12.3 Å². The second-order valence-corrected chi connectivity index (χ2v) is 6.31. The lowest BCUT2D eigenvalue weighted by Gasteiger charge is -2.42. The van der Waals surface area contributed by atoms with E-state index in [-0.39, 0.29) is 12.0 Å². The fraction of sp³-hybridized carbons (Fsp3) is 0.667. The Balaban J connectivity index is 2.17. The van der Waals surface area contributed by atoms with E-state index in [9.17, 15) is 12.3 Å². The highest BCUT2D eigenvalue weighted by atomic mass is 32.3. The molecule has 1 N–H and O–H groups in total. The maximum absolute atomic E-state index is 12.9. The van der Waals surface area contributed by atoms with Crippen LogP contribution in [0.4, 0.5) is 9.70 Å². The van der Waals surface area contributed by atoms with Crippen molar-refractivity contribution < 1.29 is 17.0 Å². The summed E-state index contributed by atoms with van der Waals surface area (Å²) in [6.45, 7) is 2.79. The van der Waals surface area contributed by atoms with Gasteiger partial charge in [-0.25, -0.2) is 0 Å². The van der Waals surface area contributed by atoms with E-state index >= 15 is 0 Å². The predicted octanol–water partition coefficient (Wildman–Crippen LogP) is 0.510. The molecule has 0 spiro atoms. The van der Waals surface area contributed by atoms with E-state index in [1.165, 1.54) is 7.11 Å². The van der Waals surface area contributed by atoms with Gasteiger partial charge in [0.1, 0.15) is 0 Å². The summed E-state index contributed by atoms with van der Waals surface area (Å²) in [7, 11) is -3.20. The van der Waals surface area contributed by atoms with Gasteiger partial charge < -0.3 is 9.64 Å². The van der Waals surface area contributed by atoms with Gasteiger partial charge in [-0.2, -0.15) is 18.2 Å². The third-order valence-electron chi connectivity index (χ3n) is 3.65. The number of hydrogen-bond donors (Lipinski definition) is 1. The highest BCUT2D eigenvalue weighted by Crippen LogP contribution is 2.27. The summed E-state index contributed by atoms with van der Waals surface area (Å²) in [5, 5.41) is 7.92. The van der Waals surface area contributed by atoms with Gasteiger partial charge >= 0.3 is 10.4 Å². The van der Waals surface area contributed by atoms with Crippen molar-refractivity contribution in [2.24, 2.45) is 5.92 Å². The van der Waals surface area contributed by atoms with E-state index in [0.29, 0.717) is 25.4 Å². The Kier molecular flexibility index (Phi) is 5.07. The smallest absolute Gasteiger partial charge is 0.372 e. The monoisotopic (exact) mass is 318 g/mol. The Morgan fingerprint density at radius 3 is 2.90 bits per heavy atom. The van der Waals surface area contributed by atoms with Crippen LogP contribution in [0.2, 0.25) is 0 Å². The minimum absolute atomic E-state index is 0.00839. The van der Waals surface area contributed by atoms with Crippen LogP contribution in [0.25, 0.3) is 0 Å². The molecule has 118 valence electrons. The molecule has 9 heteroatoms. The van der Waals surface area contributed by atoms with Gasteiger partial charge in [0.05, 0.1) is 6.61 Å². The van der Waals surface area contributed by atoms with Crippen LogP contribution in [0.15, 0.2) is 18.3 Å². The molecule has 0 aromatic carbocycles. The maximum atomic E-state index is 12.9. The number of ether oxygens (including phenoxy) is 1. The summed E-state index contributed by atoms with van der Waals surface area (Å²) in [5.74, 6) is 0.548. The van der Waals surface area contributed by atoms with Crippen LogP contribution in [-0.2, 0) is 15.1 Å². The van der Waals surface area contributed by atoms with Crippen molar-refractivity contribution >= 4 is 16.2 Å². The predicted molar refractivity (Wildman–Crippen MR) is 75.8 cm³/mol. The normalized spacial score (nSPS) is 26.8. The molecule has 1 aromatic rings. The number of nitrogens with one attached hydrogen (secondary N) is 1. The number of rotatable bonds is 5. The molecule has 7 nitrogen and oxygen atoms in total. The number of anilines is 1. The minimum atomic E-state index is -4.73. The van der Waals surface area contributed by atoms with Crippen LogP contribution in [0.3, 0.4) is 0 Å². The molecule has 1 aliphatic heterocycles. The van der Waals surface area contributed by atoms with Crippen LogP contribution in [0.5, 0.6) is 0 Å². The average Bonchev–Trinajstić information content (AvgIpc) is 2.41. The van der Waals surface area contributed by atoms with E-state index in [0.717, 1.165) is 0 Å². The molecule has 3 atom stereocenters. The molecule has 0 bridgehead atoms. The SMILES string of the molecule is COCC1CN(c2cccnn2)[C@H](C)CC1NS(=O)(=O)F. The number of nitrogens with zero attached hydrogens (tertiary/aromatic N) is 3. The molecular formula is C12H19FN4O3S. The molecule has 0 saturated carbocycles. The molecule has 0 amide bonds. The zero-order valence-electron chi connectivity index (χ0n) is 11.9. The first-order valence-corrected chi connectivity index (χ1v) is 8.04. The molecular weight excluding hydrogens is 299 g/mol. The highest BCUT2D eigenvalue weighted by Gasteiger charge is 2.36. The summed E-state index contributed by atoms with van der Waals surface area (Å²) < 4.78 is 41.8. The molecule has 21 heavy (non-hydrogen) atoms. The summed E-state index contributed by atoms with van der Waals surface area (Å²) in [4.78, 5) is 2.03. The van der Waals surface area contributed by atoms with E-state index < -0.39 is 16.5 Å². The van der Waals surface area contributed by atoms with Crippen molar-refractivity contribution in [3.63, 3.8) is 0 Å². The lowest BCUT2D eigenvalue weighted by atomic mass is 9.89. The Labute approximate surface area is 123 Å². The Morgan fingerprint density at radius 1 is 1.57 bits per heavy atom. The zero-order valence-corrected chi connectivity index (χ0v) is 12.8. The summed E-state index contributed by atoms with van der Waals surface area (Å²) >= 11 is 0. The first kappa shape index (κ1) is 16.1. The van der Waals surface area contributed by atoms with Crippen molar-refractivity contribution in [2.45, 2.75) is 25.4 Å². The number of methoxy groups -OCH3 is 1. The zero-order chi connectivity index (χ0) is 15.5. The lowest BCUT2D eigenvalue weighted by Crippen LogP contribution is -2.55. The van der Waals surface area contributed by atoms with Gasteiger partial charge in [0, 0.05) is 37.9 Å². The van der Waals surface area contributed by atoms with E-state index in [4.69, 9.17) is 4.74 Å². The molecule has 0 radical (unpaired) electrons. The fourth-order valence-corrected chi connectivity index (χ4v) is 3.37. The van der Waals surface area contributed by atoms with Crippen molar-refractivity contribution in [1.29, 1.82) is 0 Å². The van der Waals surface area contributed by atoms with Gasteiger partial charge in [0.15, 0.2) is 5.82 Å². The number of halogens is 1. The van der Waals surface area contributed by atoms with Gasteiger partial charge in [-0.1, -0.05) is 3.89 Å². The van der Waals surface area contributed by atoms with E-state index in [1.807, 2.05) is 17.9 Å². The number of aromatic nitrogens is 2. The van der Waals surface area contributed by atoms with Gasteiger partial charge in [0.2, 0.25) is 0 Å². The van der Waals surface area contributed by atoms with Crippen LogP contribution >= 0.6 is 0 Å². The van der Waals surface area contributed by atoms with Crippen molar-refractivity contribution in [3.8, 4) is 0 Å². The van der Waals surface area contributed by atoms with Crippen LogP contribution in [0.1, 0.15) is 13.3 Å². The Morgan fingerprint density at radius 2 is 2.33 bits per heavy atom. The standard InChI is InChI=1S/C12H19FN4O3S/c1-9-6-11(16-21(13,18)19)10(8-20-2)7-17(9)12-4-3-5-14-15-12/h3-5,9-11,16H,6-8H2,1-2H3/t9-,10?,11?/m1/s1. The Hall–Kier alpha value is -1.32. The average molecular weight is 318 g/mol. The van der Waals surface area contributed by atoms with Crippen LogP contribution < -0.4 is 9.62 Å². The quantitative estimate of drug-likeness (QED) is 0.796. The topological polar surface area (TPSA) is 84.4 Å². The van der Waals surface area contributed by atoms with Crippen molar-refractivity contribution in [1.82, 2.24) is 14.9 Å². The summed E-state index contributed by atoms with van der Waals surface area (Å²) in [6, 6.07) is 3.14. The molecule has 1 saturated heterocycles. The Bertz CT molecular complexity index is 557. The van der Waals surface area contributed by atoms with Crippen LogP contribution in [-0.4, -0.2) is 51.0 Å². The van der Waals surface area contributed by atoms with Crippen LogP contribution in [0, 0.1) is 5.92 Å². The van der Waals surface area contributed by atoms with Gasteiger partial charge in [-0.15, -0.1) is 5.10 Å². The third kappa shape index (κ3) is 4.32. The van der Waals surface area contributed by atoms with Gasteiger partial charge in [-0.05, 0) is 25.5 Å². The second kappa shape index (κ2) is 6.63. The molecule has 0 aliphatic carbocycles. The minimum Gasteiger partial charge on any atom is -0.384 e. The number of hydrogen-bond acceptors (Lipinski definition) is 6. The summed E-state index contributed by atoms with van der Waals surface area (Å²) in [6.07, 6.45) is 2.05. The molecule has 2 rings (SSSR count). The molecule has 1 aliphatic rings. The third-order valence-corrected chi connectivity index (χ3v) is 4.24. The molecule has 1 aromatic heterocycles. The first-order valence-electron chi connectivity index (χ1n) is 6.66. The van der Waals surface area contributed by atoms with E-state index in [2.05, 4.69) is 14.9 Å². The van der Waals surface area contributed by atoms with Crippen molar-refractivity contribution in [3.05, 3.63) is 18.3 Å². The van der Waals surface area contributed by atoms with Gasteiger partial charge in [0.25, 0.3) is 0 Å². The largest absolute Gasteiger partial charge is 0.384 e. The second-order valence-electron chi connectivity index (χ2n) is 5.20. The molecule has 1 fully saturated rings. The number of piperidine rings is 1. The summed E-state index contributed by atoms with van der Waals surface area (Å²) in [5.41, 5.74) is 0. The fourth-order valence-electron chi connectivity index (χ4n) is 2.72. The lowest BCUT2D eigenvalue weighted by molar-refractivity contribution is 0.122. The maximum Gasteiger partial charge on any atom is 0.372 e.